The van der Waals surface area contributed by atoms with E-state index in [9.17, 15) is 0 Å². The van der Waals surface area contributed by atoms with Crippen LogP contribution in [0.3, 0.4) is 0 Å². The van der Waals surface area contributed by atoms with Crippen molar-refractivity contribution in [1.29, 1.82) is 0 Å². The molecule has 0 N–H and O–H groups in total. The van der Waals surface area contributed by atoms with Gasteiger partial charge in [-0.05, 0) is 0 Å². The van der Waals surface area contributed by atoms with Crippen molar-refractivity contribution in [2.75, 3.05) is 0 Å². The molecular weight excluding hydrogens is 112 g/mol. The van der Waals surface area contributed by atoms with E-state index in [1.54, 1.807) is 0 Å². The number of hydrogen-bond donors (Lipinski definition) is 0. The van der Waals surface area contributed by atoms with Gasteiger partial charge in [0.1, 0.15) is 12.2 Å². The van der Waals surface area contributed by atoms with Gasteiger partial charge in [0.05, 0.1) is 0 Å². The lowest BCUT2D eigenvalue weighted by atomic mass is 10.2. The Labute approximate surface area is 54.3 Å². The van der Waals surface area contributed by atoms with E-state index in [1.165, 1.54) is 0 Å². The highest BCUT2D eigenvalue weighted by Gasteiger charge is 2.33. The zero-order chi connectivity index (χ0) is 6.10. The van der Waals surface area contributed by atoms with Gasteiger partial charge in [-0.2, -0.15) is 0 Å². The predicted octanol–water partition coefficient (Wildman–Crippen LogP) is 1.44. The zero-order valence-corrected chi connectivity index (χ0v) is 5.03. The van der Waals surface area contributed by atoms with Gasteiger partial charge in [-0.3, -0.25) is 0 Å². The fourth-order valence-electron chi connectivity index (χ4n) is 0.921. The van der Waals surface area contributed by atoms with Gasteiger partial charge in [-0.1, -0.05) is 36.5 Å². The van der Waals surface area contributed by atoms with Gasteiger partial charge in [0, 0.05) is 0 Å². The monoisotopic (exact) mass is 120 g/mol. The summed E-state index contributed by atoms with van der Waals surface area (Å²) >= 11 is 0. The van der Waals surface area contributed by atoms with Gasteiger partial charge in [0.2, 0.25) is 0 Å². The maximum atomic E-state index is 5.22. The summed E-state index contributed by atoms with van der Waals surface area (Å²) in [6, 6.07) is 0. The molecular formula is C8H8O. The lowest BCUT2D eigenvalue weighted by Crippen LogP contribution is -1.84. The van der Waals surface area contributed by atoms with Crippen LogP contribution in [-0.4, -0.2) is 12.2 Å². The summed E-state index contributed by atoms with van der Waals surface area (Å²) in [5.74, 6) is 0. The number of hydrogen-bond acceptors (Lipinski definition) is 1. The molecule has 2 aliphatic rings. The van der Waals surface area contributed by atoms with Crippen molar-refractivity contribution in [3.63, 3.8) is 0 Å². The molecule has 9 heavy (non-hydrogen) atoms. The summed E-state index contributed by atoms with van der Waals surface area (Å²) < 4.78 is 5.22. The number of fused-ring (bicyclic) bond motifs is 1. The van der Waals surface area contributed by atoms with Crippen LogP contribution in [0.25, 0.3) is 0 Å². The average molecular weight is 120 g/mol. The quantitative estimate of drug-likeness (QED) is 0.440. The summed E-state index contributed by atoms with van der Waals surface area (Å²) in [7, 11) is 0. The maximum absolute atomic E-state index is 5.22. The molecule has 0 aromatic carbocycles. The fourth-order valence-corrected chi connectivity index (χ4v) is 0.921. The van der Waals surface area contributed by atoms with Gasteiger partial charge < -0.3 is 4.74 Å². The largest absolute Gasteiger partial charge is 0.361 e. The molecule has 0 amide bonds. The predicted molar refractivity (Wildman–Crippen MR) is 36.1 cm³/mol. The van der Waals surface area contributed by atoms with E-state index in [1.807, 2.05) is 24.3 Å². The van der Waals surface area contributed by atoms with E-state index < -0.39 is 0 Å². The Morgan fingerprint density at radius 1 is 0.778 bits per heavy atom. The van der Waals surface area contributed by atoms with Gasteiger partial charge >= 0.3 is 0 Å². The topological polar surface area (TPSA) is 12.5 Å². The molecule has 2 rings (SSSR count). The summed E-state index contributed by atoms with van der Waals surface area (Å²) in [5, 5.41) is 0. The second-order valence-electron chi connectivity index (χ2n) is 2.22. The lowest BCUT2D eigenvalue weighted by Gasteiger charge is -1.80. The van der Waals surface area contributed by atoms with Crippen LogP contribution in [0.2, 0.25) is 0 Å². The van der Waals surface area contributed by atoms with E-state index in [-0.39, 0.29) is 0 Å². The number of epoxide rings is 1. The fraction of sp³-hybridized carbons (Fsp3) is 0.250. The molecule has 46 valence electrons. The standard InChI is InChI=1S/C8H8O/c1-2-4-6-8-7(9-8)5-3-1/h1-8H/b2-1-,5-3+,6-4+. The molecule has 0 spiro atoms. The molecule has 1 fully saturated rings. The van der Waals surface area contributed by atoms with Crippen LogP contribution in [0.4, 0.5) is 0 Å². The Kier molecular flexibility index (Phi) is 1.03. The molecule has 1 aliphatic carbocycles. The minimum atomic E-state index is 0.367. The Balaban J connectivity index is 2.19. The molecule has 0 aromatic heterocycles. The molecule has 1 heteroatoms. The molecule has 0 saturated carbocycles. The molecule has 1 saturated heterocycles. The van der Waals surface area contributed by atoms with Crippen molar-refractivity contribution in [1.82, 2.24) is 0 Å². The second-order valence-corrected chi connectivity index (χ2v) is 2.22. The van der Waals surface area contributed by atoms with Crippen molar-refractivity contribution >= 4 is 0 Å². The van der Waals surface area contributed by atoms with Crippen molar-refractivity contribution in [2.45, 2.75) is 12.2 Å². The second kappa shape index (κ2) is 1.85. The minimum absolute atomic E-state index is 0.367. The SMILES string of the molecule is C1=C\C=C\C2OC2/C=C/1. The lowest BCUT2D eigenvalue weighted by molar-refractivity contribution is 0.413. The maximum Gasteiger partial charge on any atom is 0.107 e. The Hall–Kier alpha value is -0.820. The first-order valence-electron chi connectivity index (χ1n) is 3.14. The highest BCUT2D eigenvalue weighted by atomic mass is 16.6. The zero-order valence-electron chi connectivity index (χ0n) is 5.03. The highest BCUT2D eigenvalue weighted by Crippen LogP contribution is 2.25. The summed E-state index contributed by atoms with van der Waals surface area (Å²) in [6.07, 6.45) is 12.9. The van der Waals surface area contributed by atoms with Crippen LogP contribution >= 0.6 is 0 Å². The van der Waals surface area contributed by atoms with Crippen molar-refractivity contribution in [2.24, 2.45) is 0 Å². The third-order valence-corrected chi connectivity index (χ3v) is 1.50. The van der Waals surface area contributed by atoms with Crippen LogP contribution in [0.1, 0.15) is 0 Å². The van der Waals surface area contributed by atoms with Gasteiger partial charge in [-0.15, -0.1) is 0 Å². The smallest absolute Gasteiger partial charge is 0.107 e. The molecule has 0 radical (unpaired) electrons. The van der Waals surface area contributed by atoms with E-state index in [4.69, 9.17) is 4.74 Å². The van der Waals surface area contributed by atoms with Gasteiger partial charge in [0.15, 0.2) is 0 Å². The molecule has 0 aromatic rings. The van der Waals surface area contributed by atoms with E-state index >= 15 is 0 Å². The summed E-state index contributed by atoms with van der Waals surface area (Å²) in [5.41, 5.74) is 0. The minimum Gasteiger partial charge on any atom is -0.361 e. The van der Waals surface area contributed by atoms with Crippen LogP contribution < -0.4 is 0 Å². The van der Waals surface area contributed by atoms with Crippen molar-refractivity contribution in [3.8, 4) is 0 Å². The Morgan fingerprint density at radius 3 is 1.89 bits per heavy atom. The normalized spacial score (nSPS) is 48.0. The molecule has 2 atom stereocenters. The third-order valence-electron chi connectivity index (χ3n) is 1.50. The number of rotatable bonds is 0. The van der Waals surface area contributed by atoms with Crippen LogP contribution in [0, 0.1) is 0 Å². The first kappa shape index (κ1) is 5.00. The third kappa shape index (κ3) is 0.958. The van der Waals surface area contributed by atoms with E-state index in [2.05, 4.69) is 12.2 Å². The first-order chi connectivity index (χ1) is 4.47. The van der Waals surface area contributed by atoms with E-state index in [0.29, 0.717) is 12.2 Å². The van der Waals surface area contributed by atoms with Crippen molar-refractivity contribution in [3.05, 3.63) is 36.5 Å². The molecule has 1 aliphatic heterocycles. The number of ether oxygens (including phenoxy) is 1. The van der Waals surface area contributed by atoms with E-state index in [0.717, 1.165) is 0 Å². The van der Waals surface area contributed by atoms with Crippen molar-refractivity contribution < 1.29 is 4.74 Å². The Bertz CT molecular complexity index is 169. The highest BCUT2D eigenvalue weighted by molar-refractivity contribution is 5.22. The summed E-state index contributed by atoms with van der Waals surface area (Å²) in [6.45, 7) is 0. The van der Waals surface area contributed by atoms with Crippen LogP contribution in [0.15, 0.2) is 36.5 Å². The molecule has 2 unspecified atom stereocenters. The van der Waals surface area contributed by atoms with Gasteiger partial charge in [-0.25, -0.2) is 0 Å². The van der Waals surface area contributed by atoms with Crippen LogP contribution in [-0.2, 0) is 4.74 Å². The molecule has 1 heterocycles. The molecule has 1 nitrogen and oxygen atoms in total. The van der Waals surface area contributed by atoms with Crippen LogP contribution in [0.5, 0.6) is 0 Å². The number of allylic oxidation sites excluding steroid dienone is 4. The molecule has 0 bridgehead atoms. The first-order valence-corrected chi connectivity index (χ1v) is 3.14. The van der Waals surface area contributed by atoms with Gasteiger partial charge in [0.25, 0.3) is 0 Å². The average Bonchev–Trinajstić information content (AvgIpc) is 2.46. The Morgan fingerprint density at radius 2 is 1.33 bits per heavy atom. The summed E-state index contributed by atoms with van der Waals surface area (Å²) in [4.78, 5) is 0.